The number of piperazine rings is 1. The van der Waals surface area contributed by atoms with Gasteiger partial charge in [0.25, 0.3) is 0 Å². The molecule has 1 saturated heterocycles. The highest BCUT2D eigenvalue weighted by Gasteiger charge is 2.31. The molecule has 5 heterocycles. The molecule has 1 fully saturated rings. The van der Waals surface area contributed by atoms with E-state index in [0.717, 1.165) is 11.1 Å². The highest BCUT2D eigenvalue weighted by Crippen LogP contribution is 2.38. The van der Waals surface area contributed by atoms with Gasteiger partial charge in [0, 0.05) is 43.3 Å². The molecule has 3 aromatic heterocycles. The minimum absolute atomic E-state index is 0.0249. The highest BCUT2D eigenvalue weighted by molar-refractivity contribution is 5.92. The number of fused-ring (bicyclic) bond motifs is 8. The van der Waals surface area contributed by atoms with Crippen LogP contribution in [0.1, 0.15) is 44.2 Å². The Morgan fingerprint density at radius 1 is 1.06 bits per heavy atom. The summed E-state index contributed by atoms with van der Waals surface area (Å²) in [5, 5.41) is 8.86. The van der Waals surface area contributed by atoms with Crippen LogP contribution in [0.2, 0.25) is 0 Å². The van der Waals surface area contributed by atoms with Crippen LogP contribution >= 0.6 is 0 Å². The van der Waals surface area contributed by atoms with Crippen molar-refractivity contribution in [2.24, 2.45) is 0 Å². The maximum absolute atomic E-state index is 16.5. The van der Waals surface area contributed by atoms with Crippen LogP contribution in [-0.4, -0.2) is 66.0 Å². The average molecular weight is 637 g/mol. The molecular formula is C35H34F2N8O2. The number of halogens is 2. The molecule has 47 heavy (non-hydrogen) atoms. The summed E-state index contributed by atoms with van der Waals surface area (Å²) in [5.74, 6) is -1.36. The van der Waals surface area contributed by atoms with Crippen molar-refractivity contribution in [3.05, 3.63) is 94.6 Å². The molecule has 0 saturated carbocycles. The number of pyridine rings is 1. The second-order valence-corrected chi connectivity index (χ2v) is 12.4. The first-order valence-electron chi connectivity index (χ1n) is 15.8. The minimum atomic E-state index is -0.776. The minimum Gasteiger partial charge on any atom is -0.350 e. The van der Waals surface area contributed by atoms with Gasteiger partial charge < -0.3 is 9.80 Å². The first-order valence-corrected chi connectivity index (χ1v) is 15.8. The van der Waals surface area contributed by atoms with Crippen LogP contribution in [0, 0.1) is 11.6 Å². The second kappa shape index (κ2) is 11.8. The van der Waals surface area contributed by atoms with Crippen molar-refractivity contribution in [2.75, 3.05) is 24.5 Å². The number of nitrogens with zero attached hydrogens (tertiary/aromatic N) is 8. The predicted molar refractivity (Wildman–Crippen MR) is 175 cm³/mol. The normalized spacial score (nSPS) is 16.3. The fourth-order valence-corrected chi connectivity index (χ4v) is 6.80. The summed E-state index contributed by atoms with van der Waals surface area (Å²) in [6.45, 7) is 11.2. The number of carbonyl (C=O) groups excluding carboxylic acids is 1. The molecule has 1 amide bonds. The second-order valence-electron chi connectivity index (χ2n) is 12.4. The van der Waals surface area contributed by atoms with Crippen molar-refractivity contribution in [2.45, 2.75) is 52.1 Å². The molecule has 0 N–H and O–H groups in total. The smallest absolute Gasteiger partial charge is 0.350 e. The van der Waals surface area contributed by atoms with E-state index in [0.29, 0.717) is 61.4 Å². The fraction of sp³-hybridized carbons (Fsp3) is 0.314. The first kappa shape index (κ1) is 30.4. The van der Waals surface area contributed by atoms with Gasteiger partial charge in [-0.25, -0.2) is 23.1 Å². The van der Waals surface area contributed by atoms with Crippen molar-refractivity contribution in [3.8, 4) is 28.2 Å². The van der Waals surface area contributed by atoms with Gasteiger partial charge in [-0.1, -0.05) is 56.0 Å². The number of hydrogen-bond acceptors (Lipinski definition) is 7. The number of aromatic nitrogens is 6. The Bertz CT molecular complexity index is 2120. The van der Waals surface area contributed by atoms with Crippen molar-refractivity contribution in [1.29, 1.82) is 0 Å². The quantitative estimate of drug-likeness (QED) is 0.249. The lowest BCUT2D eigenvalue weighted by Gasteiger charge is -2.40. The van der Waals surface area contributed by atoms with Crippen LogP contribution in [-0.2, 0) is 17.8 Å². The number of amides is 1. The van der Waals surface area contributed by atoms with E-state index in [2.05, 4.69) is 21.9 Å². The Labute approximate surface area is 270 Å². The molecule has 1 atom stereocenters. The summed E-state index contributed by atoms with van der Waals surface area (Å²) in [4.78, 5) is 39.7. The van der Waals surface area contributed by atoms with E-state index in [1.807, 2.05) is 43.9 Å². The molecule has 12 heteroatoms. The van der Waals surface area contributed by atoms with Gasteiger partial charge in [-0.15, -0.1) is 5.10 Å². The van der Waals surface area contributed by atoms with Crippen LogP contribution in [0.15, 0.2) is 66.1 Å². The molecule has 0 spiro atoms. The van der Waals surface area contributed by atoms with Crippen molar-refractivity contribution in [3.63, 3.8) is 0 Å². The molecule has 7 rings (SSSR count). The molecular weight excluding hydrogens is 602 g/mol. The summed E-state index contributed by atoms with van der Waals surface area (Å²) < 4.78 is 35.4. The topological polar surface area (TPSA) is 102 Å². The van der Waals surface area contributed by atoms with Gasteiger partial charge in [-0.05, 0) is 55.0 Å². The van der Waals surface area contributed by atoms with Gasteiger partial charge in [0.05, 0.1) is 17.3 Å². The Kier molecular flexibility index (Phi) is 7.65. The van der Waals surface area contributed by atoms with E-state index < -0.39 is 17.3 Å². The van der Waals surface area contributed by atoms with E-state index in [1.54, 1.807) is 21.8 Å². The Morgan fingerprint density at radius 2 is 1.87 bits per heavy atom. The summed E-state index contributed by atoms with van der Waals surface area (Å²) in [6, 6.07) is 11.4. The molecule has 0 radical (unpaired) electrons. The zero-order valence-electron chi connectivity index (χ0n) is 26.5. The summed E-state index contributed by atoms with van der Waals surface area (Å²) in [7, 11) is 0. The molecule has 4 bridgehead atoms. The van der Waals surface area contributed by atoms with Crippen molar-refractivity contribution >= 4 is 22.8 Å². The number of rotatable bonds is 3. The SMILES string of the molecule is C=CC(=O)N1CCN(c2nc(=O)n3c4nc(c(F)cc24)-c2c(F)cccc2-c2cn(nn2)CCCc2cccc(C(C)C)c2-3)[C@@H](C)C1. The Balaban J connectivity index is 1.56. The molecule has 240 valence electrons. The largest absolute Gasteiger partial charge is 0.355 e. The van der Waals surface area contributed by atoms with Crippen LogP contribution in [0.4, 0.5) is 14.6 Å². The van der Waals surface area contributed by atoms with Crippen LogP contribution in [0.5, 0.6) is 0 Å². The van der Waals surface area contributed by atoms with E-state index in [9.17, 15) is 9.59 Å². The molecule has 10 nitrogen and oxygen atoms in total. The fourth-order valence-electron chi connectivity index (χ4n) is 6.80. The monoisotopic (exact) mass is 636 g/mol. The number of benzene rings is 2. The van der Waals surface area contributed by atoms with Gasteiger partial charge in [0.1, 0.15) is 23.0 Å². The number of aryl methyl sites for hydroxylation is 2. The van der Waals surface area contributed by atoms with Gasteiger partial charge in [-0.3, -0.25) is 9.48 Å². The van der Waals surface area contributed by atoms with Gasteiger partial charge in [-0.2, -0.15) is 4.98 Å². The van der Waals surface area contributed by atoms with E-state index >= 15 is 8.78 Å². The van der Waals surface area contributed by atoms with E-state index in [-0.39, 0.29) is 40.6 Å². The maximum atomic E-state index is 16.5. The Morgan fingerprint density at radius 3 is 2.64 bits per heavy atom. The van der Waals surface area contributed by atoms with Crippen molar-refractivity contribution < 1.29 is 13.6 Å². The number of carbonyl (C=O) groups is 1. The molecule has 0 aliphatic carbocycles. The maximum Gasteiger partial charge on any atom is 0.355 e. The summed E-state index contributed by atoms with van der Waals surface area (Å²) >= 11 is 0. The van der Waals surface area contributed by atoms with Crippen LogP contribution in [0.3, 0.4) is 0 Å². The molecule has 0 unspecified atom stereocenters. The average Bonchev–Trinajstić information content (AvgIpc) is 3.52. The third-order valence-electron chi connectivity index (χ3n) is 9.08. The first-order chi connectivity index (χ1) is 22.7. The van der Waals surface area contributed by atoms with Gasteiger partial charge in [0.2, 0.25) is 5.91 Å². The lowest BCUT2D eigenvalue weighted by Crippen LogP contribution is -2.54. The van der Waals surface area contributed by atoms with Crippen LogP contribution < -0.4 is 10.6 Å². The lowest BCUT2D eigenvalue weighted by molar-refractivity contribution is -0.126. The van der Waals surface area contributed by atoms with Crippen molar-refractivity contribution in [1.82, 2.24) is 34.4 Å². The number of para-hydroxylation sites is 1. The summed E-state index contributed by atoms with van der Waals surface area (Å²) in [6.07, 6.45) is 4.29. The third kappa shape index (κ3) is 5.17. The van der Waals surface area contributed by atoms with E-state index in [4.69, 9.17) is 4.98 Å². The van der Waals surface area contributed by atoms with E-state index in [1.165, 1.54) is 28.8 Å². The highest BCUT2D eigenvalue weighted by atomic mass is 19.1. The zero-order chi connectivity index (χ0) is 33.0. The number of anilines is 1. The zero-order valence-corrected chi connectivity index (χ0v) is 26.5. The number of hydrogen-bond donors (Lipinski definition) is 0. The Hall–Kier alpha value is -5.26. The summed E-state index contributed by atoms with van der Waals surface area (Å²) in [5.41, 5.74) is 2.42. The van der Waals surface area contributed by atoms with Gasteiger partial charge >= 0.3 is 5.69 Å². The molecule has 5 aromatic rings. The molecule has 2 aliphatic heterocycles. The molecule has 2 aliphatic rings. The predicted octanol–water partition coefficient (Wildman–Crippen LogP) is 5.28. The standard InChI is InChI=1S/C35H34F2N8O2/c1-5-29(46)42-15-16-44(21(4)18-42)33-25-17-27(37)31-30-24(12-7-13-26(30)36)28-19-43(41-40-28)14-8-10-22-9-6-11-23(20(2)3)32(22)45(34(25)38-31)35(47)39-33/h5-7,9,11-13,17,19-21H,1,8,10,14-16,18H2,2-4H3/t21-/m0/s1. The molecule has 2 aromatic carbocycles. The van der Waals surface area contributed by atoms with Crippen LogP contribution in [0.25, 0.3) is 39.2 Å². The van der Waals surface area contributed by atoms with Gasteiger partial charge in [0.15, 0.2) is 11.5 Å². The third-order valence-corrected chi connectivity index (χ3v) is 9.08. The lowest BCUT2D eigenvalue weighted by atomic mass is 9.95.